The summed E-state index contributed by atoms with van der Waals surface area (Å²) in [5.41, 5.74) is 2.62. The van der Waals surface area contributed by atoms with Gasteiger partial charge in [-0.2, -0.15) is 0 Å². The van der Waals surface area contributed by atoms with Crippen LogP contribution in [0.25, 0.3) is 6.08 Å². The summed E-state index contributed by atoms with van der Waals surface area (Å²) in [7, 11) is 0. The number of ether oxygens (including phenoxy) is 3. The largest absolute Gasteiger partial charge is 0.507 e. The van der Waals surface area contributed by atoms with E-state index in [-0.39, 0.29) is 17.3 Å². The van der Waals surface area contributed by atoms with E-state index in [0.717, 1.165) is 30.4 Å². The number of aromatic hydroxyl groups is 1. The predicted octanol–water partition coefficient (Wildman–Crippen LogP) is 7.70. The lowest BCUT2D eigenvalue weighted by Crippen LogP contribution is -2.31. The molecule has 3 rings (SSSR count). The molecule has 2 aromatic carbocycles. The van der Waals surface area contributed by atoms with Gasteiger partial charge in [0.05, 0.1) is 0 Å². The van der Waals surface area contributed by atoms with Gasteiger partial charge < -0.3 is 19.3 Å². The first-order valence-electron chi connectivity index (χ1n) is 12.8. The van der Waals surface area contributed by atoms with Crippen molar-refractivity contribution in [1.82, 2.24) is 0 Å². The number of benzene rings is 2. The van der Waals surface area contributed by atoms with Crippen LogP contribution < -0.4 is 4.74 Å². The Hall–Kier alpha value is -3.80. The summed E-state index contributed by atoms with van der Waals surface area (Å²) in [5, 5.41) is 9.04. The quantitative estimate of drug-likeness (QED) is 0.217. The zero-order chi connectivity index (χ0) is 28.7. The van der Waals surface area contributed by atoms with Crippen LogP contribution in [0.1, 0.15) is 70.9 Å². The summed E-state index contributed by atoms with van der Waals surface area (Å²) >= 11 is 0. The summed E-state index contributed by atoms with van der Waals surface area (Å²) in [6.07, 6.45) is 6.31. The molecule has 2 aromatic rings. The van der Waals surface area contributed by atoms with Crippen LogP contribution in [0.5, 0.6) is 11.5 Å². The minimum Gasteiger partial charge on any atom is -0.507 e. The van der Waals surface area contributed by atoms with E-state index in [1.165, 1.54) is 12.8 Å². The highest BCUT2D eigenvalue weighted by atomic mass is 16.7. The molecule has 38 heavy (non-hydrogen) atoms. The molecule has 1 N–H and O–H groups in total. The van der Waals surface area contributed by atoms with Gasteiger partial charge in [0, 0.05) is 23.6 Å². The minimum absolute atomic E-state index is 0.171. The van der Waals surface area contributed by atoms with Crippen LogP contribution in [0.15, 0.2) is 79.4 Å². The number of carbonyl (C=O) groups is 2. The van der Waals surface area contributed by atoms with Gasteiger partial charge in [-0.15, -0.1) is 0 Å². The van der Waals surface area contributed by atoms with Crippen LogP contribution in [-0.4, -0.2) is 28.9 Å². The summed E-state index contributed by atoms with van der Waals surface area (Å²) in [5.74, 6) is 0.281. The fourth-order valence-corrected chi connectivity index (χ4v) is 3.57. The number of rotatable bonds is 8. The van der Waals surface area contributed by atoms with Crippen LogP contribution in [0.4, 0.5) is 0 Å². The summed E-state index contributed by atoms with van der Waals surface area (Å²) < 4.78 is 15.9. The van der Waals surface area contributed by atoms with Crippen molar-refractivity contribution in [3.8, 4) is 11.5 Å². The lowest BCUT2D eigenvalue weighted by atomic mass is 9.99. The Morgan fingerprint density at radius 2 is 1.55 bits per heavy atom. The van der Waals surface area contributed by atoms with Crippen molar-refractivity contribution < 1.29 is 28.9 Å². The van der Waals surface area contributed by atoms with E-state index in [1.807, 2.05) is 43.3 Å². The molecular formula is C32H42O6. The lowest BCUT2D eigenvalue weighted by molar-refractivity contribution is -0.156. The van der Waals surface area contributed by atoms with E-state index >= 15 is 0 Å². The van der Waals surface area contributed by atoms with E-state index in [4.69, 9.17) is 19.3 Å². The third kappa shape index (κ3) is 11.5. The zero-order valence-corrected chi connectivity index (χ0v) is 23.4. The number of esters is 2. The van der Waals surface area contributed by atoms with Gasteiger partial charge in [0.15, 0.2) is 0 Å². The zero-order valence-electron chi connectivity index (χ0n) is 23.4. The number of phenols is 1. The first kappa shape index (κ1) is 32.2. The average molecular weight is 523 g/mol. The number of para-hydroxylation sites is 1. The highest BCUT2D eigenvalue weighted by Crippen LogP contribution is 2.36. The maximum atomic E-state index is 11.3. The molecule has 1 aliphatic carbocycles. The van der Waals surface area contributed by atoms with Gasteiger partial charge in [0.2, 0.25) is 6.29 Å². The van der Waals surface area contributed by atoms with Gasteiger partial charge in [-0.25, -0.2) is 9.59 Å². The van der Waals surface area contributed by atoms with Crippen LogP contribution in [0.3, 0.4) is 0 Å². The number of aryl methyl sites for hydroxylation is 1. The molecule has 1 atom stereocenters. The Balaban J connectivity index is 0.000000296. The molecule has 1 unspecified atom stereocenters. The van der Waals surface area contributed by atoms with Crippen molar-refractivity contribution in [3.63, 3.8) is 0 Å². The number of hydrogen-bond acceptors (Lipinski definition) is 6. The Bertz CT molecular complexity index is 1080. The molecule has 0 spiro atoms. The van der Waals surface area contributed by atoms with Crippen molar-refractivity contribution in [1.29, 1.82) is 0 Å². The predicted molar refractivity (Wildman–Crippen MR) is 153 cm³/mol. The molecule has 1 fully saturated rings. The molecule has 6 nitrogen and oxygen atoms in total. The second-order valence-corrected chi connectivity index (χ2v) is 9.36. The number of phenolic OH excluding ortho intramolecular Hbond substituents is 1. The van der Waals surface area contributed by atoms with Crippen molar-refractivity contribution in [2.75, 3.05) is 0 Å². The molecule has 0 aromatic heterocycles. The van der Waals surface area contributed by atoms with E-state index in [2.05, 4.69) is 26.7 Å². The molecule has 0 heterocycles. The normalized spacial score (nSPS) is 13.8. The molecule has 0 bridgehead atoms. The highest BCUT2D eigenvalue weighted by Gasteiger charge is 2.35. The van der Waals surface area contributed by atoms with E-state index in [1.54, 1.807) is 39.0 Å². The maximum absolute atomic E-state index is 11.3. The number of carbonyl (C=O) groups excluding carboxylic acids is 2. The minimum atomic E-state index is -0.619. The van der Waals surface area contributed by atoms with Crippen LogP contribution in [0.2, 0.25) is 0 Å². The second-order valence-electron chi connectivity index (χ2n) is 9.36. The molecule has 0 radical (unpaired) electrons. The van der Waals surface area contributed by atoms with E-state index in [0.29, 0.717) is 16.9 Å². The Labute approximate surface area is 227 Å². The molecule has 0 amide bonds. The molecule has 1 saturated carbocycles. The topological polar surface area (TPSA) is 82.1 Å². The third-order valence-corrected chi connectivity index (χ3v) is 5.92. The van der Waals surface area contributed by atoms with Crippen LogP contribution in [-0.2, 0) is 19.1 Å². The lowest BCUT2D eigenvalue weighted by Gasteiger charge is -2.27. The van der Waals surface area contributed by atoms with Gasteiger partial charge in [-0.1, -0.05) is 68.6 Å². The van der Waals surface area contributed by atoms with Gasteiger partial charge in [-0.05, 0) is 71.1 Å². The Kier molecular flexibility index (Phi) is 13.7. The van der Waals surface area contributed by atoms with Gasteiger partial charge in [0.1, 0.15) is 17.1 Å². The summed E-state index contributed by atoms with van der Waals surface area (Å²) in [4.78, 5) is 22.5. The first-order chi connectivity index (χ1) is 17.9. The molecular weight excluding hydrogens is 480 g/mol. The van der Waals surface area contributed by atoms with E-state index < -0.39 is 12.3 Å². The van der Waals surface area contributed by atoms with Gasteiger partial charge in [-0.3, -0.25) is 0 Å². The highest BCUT2D eigenvalue weighted by molar-refractivity contribution is 5.87. The van der Waals surface area contributed by atoms with Crippen LogP contribution in [0, 0.1) is 6.92 Å². The summed E-state index contributed by atoms with van der Waals surface area (Å²) in [6, 6.07) is 14.6. The van der Waals surface area contributed by atoms with E-state index in [9.17, 15) is 9.59 Å². The van der Waals surface area contributed by atoms with Gasteiger partial charge >= 0.3 is 11.9 Å². The molecule has 0 aliphatic heterocycles. The van der Waals surface area contributed by atoms with Crippen molar-refractivity contribution in [2.24, 2.45) is 0 Å². The summed E-state index contributed by atoms with van der Waals surface area (Å²) in [6.45, 7) is 19.7. The fourth-order valence-electron chi connectivity index (χ4n) is 3.57. The SMILES string of the molecule is C=C(C)C(=O)OC(C)Oc1ccc(C)cc1.C=C(C)C(=O)OC1(CC)CCCC1.C=Cc1ccccc1O. The van der Waals surface area contributed by atoms with Crippen molar-refractivity contribution in [2.45, 2.75) is 78.6 Å². The molecule has 206 valence electrons. The Morgan fingerprint density at radius 3 is 2.00 bits per heavy atom. The Morgan fingerprint density at radius 1 is 1.00 bits per heavy atom. The third-order valence-electron chi connectivity index (χ3n) is 5.92. The standard InChI is InChI=1S/C13H16O3.C11H18O2.C8H8O/c1-9(2)13(14)16-11(4)15-12-7-5-10(3)6-8-12;1-4-11(7-5-6-8-11)13-10(12)9(2)3;1-2-7-5-3-4-6-8(7)9/h5-8,11H,1H2,2-4H3;2,4-8H2,1,3H3;2-6,9H,1H2. The number of hydrogen-bond donors (Lipinski definition) is 1. The smallest absolute Gasteiger partial charge is 0.336 e. The van der Waals surface area contributed by atoms with Gasteiger partial charge in [0.25, 0.3) is 0 Å². The maximum Gasteiger partial charge on any atom is 0.336 e. The monoisotopic (exact) mass is 522 g/mol. The fraction of sp³-hybridized carbons (Fsp3) is 0.375. The molecule has 0 saturated heterocycles. The first-order valence-corrected chi connectivity index (χ1v) is 12.8. The average Bonchev–Trinajstić information content (AvgIpc) is 3.35. The molecule has 1 aliphatic rings. The second kappa shape index (κ2) is 16.1. The van der Waals surface area contributed by atoms with Crippen molar-refractivity contribution >= 4 is 18.0 Å². The van der Waals surface area contributed by atoms with Crippen molar-refractivity contribution in [3.05, 3.63) is 90.5 Å². The molecule has 6 heteroatoms. The van der Waals surface area contributed by atoms with Crippen LogP contribution >= 0.6 is 0 Å².